The molecule has 3 aliphatic carbocycles. The van der Waals surface area contributed by atoms with Gasteiger partial charge >= 0.3 is 5.97 Å². The lowest BCUT2D eigenvalue weighted by molar-refractivity contribution is -0.152. The van der Waals surface area contributed by atoms with E-state index in [1.54, 1.807) is 0 Å². The Labute approximate surface area is 150 Å². The largest absolute Gasteiger partial charge is 0.478 e. The predicted molar refractivity (Wildman–Crippen MR) is 95.9 cm³/mol. The van der Waals surface area contributed by atoms with Crippen molar-refractivity contribution >= 4 is 11.9 Å². The number of hydrogen-bond acceptors (Lipinski definition) is 2. The minimum Gasteiger partial charge on any atom is -0.478 e. The maximum absolute atomic E-state index is 12.3. The van der Waals surface area contributed by atoms with Crippen LogP contribution in [-0.2, 0) is 9.59 Å². The first-order valence-electron chi connectivity index (χ1n) is 9.68. The number of carbonyl (C=O) groups is 2. The molecule has 1 aliphatic heterocycles. The lowest BCUT2D eigenvalue weighted by Crippen LogP contribution is -2.62. The van der Waals surface area contributed by atoms with Crippen LogP contribution in [0.4, 0.5) is 0 Å². The number of carbonyl (C=O) groups excluding carboxylic acids is 1. The molecule has 0 spiro atoms. The molecule has 2 fully saturated rings. The summed E-state index contributed by atoms with van der Waals surface area (Å²) < 4.78 is 0. The fourth-order valence-electron chi connectivity index (χ4n) is 6.47. The number of nitrogens with zero attached hydrogens (tertiary/aromatic N) is 1. The monoisotopic (exact) mass is 343 g/mol. The Kier molecular flexibility index (Phi) is 3.68. The molecule has 1 saturated heterocycles. The van der Waals surface area contributed by atoms with Crippen LogP contribution in [0.3, 0.4) is 0 Å². The molecule has 0 unspecified atom stereocenters. The zero-order valence-electron chi connectivity index (χ0n) is 15.5. The van der Waals surface area contributed by atoms with Gasteiger partial charge in [0.25, 0.3) is 0 Å². The molecule has 5 atom stereocenters. The van der Waals surface area contributed by atoms with E-state index >= 15 is 0 Å². The molecule has 4 aliphatic rings. The third kappa shape index (κ3) is 2.25. The molecular weight excluding hydrogens is 314 g/mol. The molecule has 4 heteroatoms. The summed E-state index contributed by atoms with van der Waals surface area (Å²) in [4.78, 5) is 25.7. The molecule has 0 aromatic rings. The molecule has 1 heterocycles. The highest BCUT2D eigenvalue weighted by atomic mass is 16.4. The van der Waals surface area contributed by atoms with Crippen LogP contribution in [0.1, 0.15) is 58.8 Å². The molecule has 4 rings (SSSR count). The molecule has 1 saturated carbocycles. The van der Waals surface area contributed by atoms with Gasteiger partial charge in [-0.25, -0.2) is 4.79 Å². The molecule has 0 bridgehead atoms. The van der Waals surface area contributed by atoms with Crippen LogP contribution in [0.5, 0.6) is 0 Å². The van der Waals surface area contributed by atoms with Crippen LogP contribution in [0.2, 0.25) is 0 Å². The summed E-state index contributed by atoms with van der Waals surface area (Å²) >= 11 is 0. The molecule has 136 valence electrons. The minimum absolute atomic E-state index is 0.00503. The zero-order valence-corrected chi connectivity index (χ0v) is 15.5. The van der Waals surface area contributed by atoms with E-state index in [0.717, 1.165) is 32.1 Å². The Morgan fingerprint density at radius 2 is 1.96 bits per heavy atom. The average Bonchev–Trinajstić information content (AvgIpc) is 2.57. The van der Waals surface area contributed by atoms with Crippen molar-refractivity contribution in [2.45, 2.75) is 64.3 Å². The summed E-state index contributed by atoms with van der Waals surface area (Å²) in [6.45, 7) is 4.64. The zero-order chi connectivity index (χ0) is 18.0. The summed E-state index contributed by atoms with van der Waals surface area (Å²) in [6.07, 6.45) is 10.8. The first-order chi connectivity index (χ1) is 11.8. The van der Waals surface area contributed by atoms with Crippen molar-refractivity contribution in [3.05, 3.63) is 23.3 Å². The van der Waals surface area contributed by atoms with Gasteiger partial charge in [-0.3, -0.25) is 4.79 Å². The fourth-order valence-corrected chi connectivity index (χ4v) is 6.47. The topological polar surface area (TPSA) is 57.6 Å². The van der Waals surface area contributed by atoms with E-state index in [0.29, 0.717) is 42.1 Å². The molecule has 4 nitrogen and oxygen atoms in total. The van der Waals surface area contributed by atoms with Crippen LogP contribution in [0.25, 0.3) is 0 Å². The van der Waals surface area contributed by atoms with E-state index in [-0.39, 0.29) is 11.0 Å². The van der Waals surface area contributed by atoms with Crippen molar-refractivity contribution in [3.63, 3.8) is 0 Å². The van der Waals surface area contributed by atoms with Crippen LogP contribution < -0.4 is 0 Å². The van der Waals surface area contributed by atoms with Gasteiger partial charge in [0.1, 0.15) is 0 Å². The molecule has 0 aromatic carbocycles. The highest BCUT2D eigenvalue weighted by molar-refractivity contribution is 5.87. The van der Waals surface area contributed by atoms with Crippen molar-refractivity contribution in [1.82, 2.24) is 4.90 Å². The Hall–Kier alpha value is -1.58. The Morgan fingerprint density at radius 1 is 1.20 bits per heavy atom. The number of rotatable bonds is 1. The van der Waals surface area contributed by atoms with Crippen LogP contribution in [-0.4, -0.2) is 34.5 Å². The number of fused-ring (bicyclic) bond motifs is 5. The molecule has 1 amide bonds. The number of piperidine rings is 1. The predicted octanol–water partition coefficient (Wildman–Crippen LogP) is 3.78. The first-order valence-corrected chi connectivity index (χ1v) is 9.68. The minimum atomic E-state index is -0.770. The molecule has 1 N–H and O–H groups in total. The molecule has 25 heavy (non-hydrogen) atoms. The third-order valence-corrected chi connectivity index (χ3v) is 8.21. The van der Waals surface area contributed by atoms with E-state index in [9.17, 15) is 14.7 Å². The molecule has 0 radical (unpaired) electrons. The van der Waals surface area contributed by atoms with Crippen molar-refractivity contribution in [1.29, 1.82) is 0 Å². The summed E-state index contributed by atoms with van der Waals surface area (Å²) in [7, 11) is 1.99. The highest BCUT2D eigenvalue weighted by Crippen LogP contribution is 2.61. The number of amides is 1. The number of aliphatic carboxylic acids is 1. The number of carboxylic acid groups (broad SMARTS) is 1. The van der Waals surface area contributed by atoms with Gasteiger partial charge in [0.05, 0.1) is 0 Å². The summed E-state index contributed by atoms with van der Waals surface area (Å²) in [5.41, 5.74) is 1.91. The van der Waals surface area contributed by atoms with Gasteiger partial charge < -0.3 is 10.0 Å². The van der Waals surface area contributed by atoms with E-state index < -0.39 is 5.97 Å². The second-order valence-electron chi connectivity index (χ2n) is 9.05. The van der Waals surface area contributed by atoms with Gasteiger partial charge in [0, 0.05) is 24.6 Å². The van der Waals surface area contributed by atoms with E-state index in [4.69, 9.17) is 0 Å². The second kappa shape index (κ2) is 5.46. The average molecular weight is 343 g/mol. The van der Waals surface area contributed by atoms with E-state index in [1.807, 2.05) is 18.0 Å². The smallest absolute Gasteiger partial charge is 0.331 e. The highest BCUT2D eigenvalue weighted by Gasteiger charge is 2.57. The van der Waals surface area contributed by atoms with Crippen molar-refractivity contribution in [2.24, 2.45) is 23.2 Å². The molecule has 0 aromatic heterocycles. The van der Waals surface area contributed by atoms with Gasteiger partial charge in [-0.1, -0.05) is 13.0 Å². The van der Waals surface area contributed by atoms with E-state index in [1.165, 1.54) is 5.57 Å². The quantitative estimate of drug-likeness (QED) is 0.788. The summed E-state index contributed by atoms with van der Waals surface area (Å²) in [5, 5.41) is 9.35. The lowest BCUT2D eigenvalue weighted by Gasteiger charge is -2.61. The lowest BCUT2D eigenvalue weighted by atomic mass is 9.48. The normalized spacial score (nSPS) is 43.4. The third-order valence-electron chi connectivity index (χ3n) is 8.21. The second-order valence-corrected chi connectivity index (χ2v) is 9.05. The molecular formula is C21H29NO3. The van der Waals surface area contributed by atoms with Crippen LogP contribution >= 0.6 is 0 Å². The maximum atomic E-state index is 12.3. The van der Waals surface area contributed by atoms with Crippen molar-refractivity contribution in [2.75, 3.05) is 7.05 Å². The Balaban J connectivity index is 1.69. The van der Waals surface area contributed by atoms with Crippen LogP contribution in [0, 0.1) is 23.2 Å². The van der Waals surface area contributed by atoms with Gasteiger partial charge in [-0.2, -0.15) is 0 Å². The number of hydrogen-bond donors (Lipinski definition) is 1. The Morgan fingerprint density at radius 3 is 2.68 bits per heavy atom. The first kappa shape index (κ1) is 16.9. The van der Waals surface area contributed by atoms with Crippen molar-refractivity contribution < 1.29 is 14.7 Å². The van der Waals surface area contributed by atoms with Gasteiger partial charge in [-0.05, 0) is 80.3 Å². The van der Waals surface area contributed by atoms with Gasteiger partial charge in [0.2, 0.25) is 5.91 Å². The summed E-state index contributed by atoms with van der Waals surface area (Å²) in [6, 6.07) is 0. The fraction of sp³-hybridized carbons (Fsp3) is 0.714. The number of likely N-dealkylation sites (tertiary alicyclic amines) is 1. The maximum Gasteiger partial charge on any atom is 0.331 e. The van der Waals surface area contributed by atoms with E-state index in [2.05, 4.69) is 19.9 Å². The Bertz CT molecular complexity index is 693. The summed E-state index contributed by atoms with van der Waals surface area (Å²) in [5.74, 6) is 1.31. The number of allylic oxidation sites excluding steroid dienone is 3. The van der Waals surface area contributed by atoms with Crippen LogP contribution in [0.15, 0.2) is 23.3 Å². The van der Waals surface area contributed by atoms with Gasteiger partial charge in [-0.15, -0.1) is 0 Å². The standard InChI is InChI=1S/C21H29NO3/c1-20-10-8-13(19(24)25)12-14(20)4-5-15-16(20)9-11-21(2)17(15)6-7-18(23)22(21)3/h4,12,15-17H,5-11H2,1-3H3,(H,24,25)/t15-,16+,17+,20+,21+/m1/s1. The SMILES string of the molecule is CN1C(=O)CC[C@H]2[C@@H]3CC=C4C=C(C(=O)O)CC[C@]4(C)[C@H]3CC[C@@]21C. The van der Waals surface area contributed by atoms with Crippen molar-refractivity contribution in [3.8, 4) is 0 Å². The van der Waals surface area contributed by atoms with Gasteiger partial charge in [0.15, 0.2) is 0 Å². The number of carboxylic acids is 1.